The molecule has 0 amide bonds. The van der Waals surface area contributed by atoms with E-state index < -0.39 is 0 Å². The van der Waals surface area contributed by atoms with E-state index in [0.717, 1.165) is 12.0 Å². The van der Waals surface area contributed by atoms with Crippen molar-refractivity contribution in [3.63, 3.8) is 0 Å². The molecule has 0 aromatic heterocycles. The maximum absolute atomic E-state index is 11.0. The first-order valence-corrected chi connectivity index (χ1v) is 7.19. The molecule has 1 fully saturated rings. The highest BCUT2D eigenvalue weighted by molar-refractivity contribution is 5.40. The lowest BCUT2D eigenvalue weighted by Crippen LogP contribution is -2.26. The van der Waals surface area contributed by atoms with Gasteiger partial charge in [-0.25, -0.2) is 0 Å². The number of hydrogen-bond donors (Lipinski definition) is 1. The van der Waals surface area contributed by atoms with E-state index in [1.807, 2.05) is 24.3 Å². The summed E-state index contributed by atoms with van der Waals surface area (Å²) in [5.41, 5.74) is 8.51. The highest BCUT2D eigenvalue weighted by Crippen LogP contribution is 2.49. The Labute approximate surface area is 123 Å². The molecular formula is C17H18N2O2. The molecule has 3 unspecified atom stereocenters. The Bertz CT molecular complexity index is 642. The van der Waals surface area contributed by atoms with Crippen molar-refractivity contribution in [2.45, 2.75) is 24.8 Å². The van der Waals surface area contributed by atoms with Crippen LogP contribution in [0, 0.1) is 16.0 Å². The maximum atomic E-state index is 11.0. The van der Waals surface area contributed by atoms with Gasteiger partial charge >= 0.3 is 0 Å². The Balaban J connectivity index is 1.69. The number of rotatable bonds is 5. The van der Waals surface area contributed by atoms with Crippen LogP contribution in [-0.2, 0) is 6.42 Å². The van der Waals surface area contributed by atoms with Crippen LogP contribution < -0.4 is 5.73 Å². The van der Waals surface area contributed by atoms with Gasteiger partial charge in [0.25, 0.3) is 5.69 Å². The van der Waals surface area contributed by atoms with Crippen molar-refractivity contribution < 1.29 is 4.92 Å². The molecule has 0 saturated heterocycles. The molecule has 1 saturated carbocycles. The van der Waals surface area contributed by atoms with Crippen molar-refractivity contribution in [3.05, 3.63) is 75.8 Å². The van der Waals surface area contributed by atoms with Crippen molar-refractivity contribution in [1.29, 1.82) is 0 Å². The van der Waals surface area contributed by atoms with Gasteiger partial charge in [0, 0.05) is 17.7 Å². The lowest BCUT2D eigenvalue weighted by Gasteiger charge is -2.12. The first-order valence-electron chi connectivity index (χ1n) is 7.19. The van der Waals surface area contributed by atoms with Gasteiger partial charge in [-0.2, -0.15) is 0 Å². The monoisotopic (exact) mass is 282 g/mol. The summed E-state index contributed by atoms with van der Waals surface area (Å²) in [6.45, 7) is 0. The van der Waals surface area contributed by atoms with Crippen molar-refractivity contribution >= 4 is 5.69 Å². The first kappa shape index (κ1) is 13.8. The molecule has 4 nitrogen and oxygen atoms in total. The highest BCUT2D eigenvalue weighted by Gasteiger charge is 2.42. The van der Waals surface area contributed by atoms with Gasteiger partial charge in [0.1, 0.15) is 0 Å². The van der Waals surface area contributed by atoms with Gasteiger partial charge in [0.05, 0.1) is 4.92 Å². The third-order valence-electron chi connectivity index (χ3n) is 4.26. The lowest BCUT2D eigenvalue weighted by atomic mass is 9.98. The van der Waals surface area contributed by atoms with Crippen LogP contribution in [0.4, 0.5) is 5.69 Å². The maximum Gasteiger partial charge on any atom is 0.272 e. The number of para-hydroxylation sites is 1. The summed E-state index contributed by atoms with van der Waals surface area (Å²) in [5, 5.41) is 11.0. The average molecular weight is 282 g/mol. The highest BCUT2D eigenvalue weighted by atomic mass is 16.6. The quantitative estimate of drug-likeness (QED) is 0.676. The second kappa shape index (κ2) is 5.66. The summed E-state index contributed by atoms with van der Waals surface area (Å²) in [6, 6.07) is 17.2. The van der Waals surface area contributed by atoms with E-state index in [1.54, 1.807) is 18.2 Å². The number of benzene rings is 2. The van der Waals surface area contributed by atoms with Crippen LogP contribution in [0.2, 0.25) is 0 Å². The number of nitro benzene ring substituents is 1. The molecule has 0 heterocycles. The van der Waals surface area contributed by atoms with Crippen LogP contribution in [0.5, 0.6) is 0 Å². The molecule has 21 heavy (non-hydrogen) atoms. The summed E-state index contributed by atoms with van der Waals surface area (Å²) in [6.07, 6.45) is 1.64. The van der Waals surface area contributed by atoms with Gasteiger partial charge < -0.3 is 5.73 Å². The van der Waals surface area contributed by atoms with E-state index in [0.29, 0.717) is 18.3 Å². The van der Waals surface area contributed by atoms with E-state index in [4.69, 9.17) is 5.73 Å². The Morgan fingerprint density at radius 3 is 2.52 bits per heavy atom. The van der Waals surface area contributed by atoms with Gasteiger partial charge in [0.15, 0.2) is 0 Å². The van der Waals surface area contributed by atoms with Crippen LogP contribution in [0.15, 0.2) is 54.6 Å². The topological polar surface area (TPSA) is 69.2 Å². The minimum absolute atomic E-state index is 0.0312. The molecule has 2 aromatic carbocycles. The van der Waals surface area contributed by atoms with Crippen molar-refractivity contribution in [3.8, 4) is 0 Å². The molecule has 3 rings (SSSR count). The molecule has 0 radical (unpaired) electrons. The van der Waals surface area contributed by atoms with Gasteiger partial charge in [-0.05, 0) is 30.2 Å². The van der Waals surface area contributed by atoms with E-state index >= 15 is 0 Å². The molecule has 1 aliphatic carbocycles. The van der Waals surface area contributed by atoms with E-state index in [2.05, 4.69) is 12.1 Å². The van der Waals surface area contributed by atoms with Crippen molar-refractivity contribution in [2.75, 3.05) is 0 Å². The van der Waals surface area contributed by atoms with E-state index in [9.17, 15) is 10.1 Å². The predicted octanol–water partition coefficient (Wildman–Crippen LogP) is 3.27. The molecular weight excluding hydrogens is 264 g/mol. The molecule has 0 bridgehead atoms. The Morgan fingerprint density at radius 1 is 1.14 bits per heavy atom. The third-order valence-corrected chi connectivity index (χ3v) is 4.26. The predicted molar refractivity (Wildman–Crippen MR) is 82.1 cm³/mol. The fourth-order valence-corrected chi connectivity index (χ4v) is 3.04. The number of nitrogens with zero attached hydrogens (tertiary/aromatic N) is 1. The molecule has 4 heteroatoms. The molecule has 108 valence electrons. The van der Waals surface area contributed by atoms with Crippen LogP contribution in [0.1, 0.15) is 23.5 Å². The second-order valence-corrected chi connectivity index (χ2v) is 5.67. The molecule has 3 atom stereocenters. The van der Waals surface area contributed by atoms with Crippen molar-refractivity contribution in [1.82, 2.24) is 0 Å². The molecule has 1 aliphatic rings. The van der Waals surface area contributed by atoms with E-state index in [-0.39, 0.29) is 16.7 Å². The Morgan fingerprint density at radius 2 is 1.81 bits per heavy atom. The Kier molecular flexibility index (Phi) is 3.71. The zero-order valence-electron chi connectivity index (χ0n) is 11.7. The normalized spacial score (nSPS) is 21.8. The number of nitrogens with two attached hydrogens (primary N) is 1. The van der Waals surface area contributed by atoms with Crippen molar-refractivity contribution in [2.24, 2.45) is 11.7 Å². The summed E-state index contributed by atoms with van der Waals surface area (Å²) in [4.78, 5) is 10.7. The Hall–Kier alpha value is -2.20. The lowest BCUT2D eigenvalue weighted by molar-refractivity contribution is -0.385. The van der Waals surface area contributed by atoms with E-state index in [1.165, 1.54) is 5.56 Å². The fourth-order valence-electron chi connectivity index (χ4n) is 3.04. The smallest absolute Gasteiger partial charge is 0.272 e. The van der Waals surface area contributed by atoms with Crippen LogP contribution >= 0.6 is 0 Å². The SMILES string of the molecule is NC(Cc1ccccc1[N+](=O)[O-])C1CC1c1ccccc1. The largest absolute Gasteiger partial charge is 0.327 e. The second-order valence-electron chi connectivity index (χ2n) is 5.67. The third kappa shape index (κ3) is 2.95. The zero-order chi connectivity index (χ0) is 14.8. The summed E-state index contributed by atoms with van der Waals surface area (Å²) in [7, 11) is 0. The summed E-state index contributed by atoms with van der Waals surface area (Å²) >= 11 is 0. The van der Waals surface area contributed by atoms with Crippen LogP contribution in [0.25, 0.3) is 0 Å². The van der Waals surface area contributed by atoms with Gasteiger partial charge in [-0.1, -0.05) is 48.5 Å². The number of hydrogen-bond acceptors (Lipinski definition) is 3. The minimum Gasteiger partial charge on any atom is -0.327 e. The zero-order valence-corrected chi connectivity index (χ0v) is 11.7. The fraction of sp³-hybridized carbons (Fsp3) is 0.294. The summed E-state index contributed by atoms with van der Waals surface area (Å²) in [5.74, 6) is 0.927. The molecule has 0 spiro atoms. The average Bonchev–Trinajstić information content (AvgIpc) is 3.29. The van der Waals surface area contributed by atoms with Crippen LogP contribution in [-0.4, -0.2) is 11.0 Å². The van der Waals surface area contributed by atoms with Gasteiger partial charge in [0.2, 0.25) is 0 Å². The van der Waals surface area contributed by atoms with Gasteiger partial charge in [-0.3, -0.25) is 10.1 Å². The number of nitro groups is 1. The molecule has 0 aliphatic heterocycles. The van der Waals surface area contributed by atoms with Gasteiger partial charge in [-0.15, -0.1) is 0 Å². The van der Waals surface area contributed by atoms with Crippen LogP contribution in [0.3, 0.4) is 0 Å². The minimum atomic E-state index is -0.330. The molecule has 2 aromatic rings. The summed E-state index contributed by atoms with van der Waals surface area (Å²) < 4.78 is 0. The molecule has 2 N–H and O–H groups in total. The standard InChI is InChI=1S/C17H18N2O2/c18-16(10-13-8-4-5-9-17(13)19(20)21)15-11-14(15)12-6-2-1-3-7-12/h1-9,14-16H,10-11,18H2. The first-order chi connectivity index (χ1) is 10.2.